The summed E-state index contributed by atoms with van der Waals surface area (Å²) < 4.78 is 0. The number of rotatable bonds is 5. The molecule has 0 spiro atoms. The number of carbonyl (C=O) groups excluding carboxylic acids is 3. The summed E-state index contributed by atoms with van der Waals surface area (Å²) in [6, 6.07) is 0. The molecule has 0 bridgehead atoms. The number of amides is 2. The zero-order valence-electron chi connectivity index (χ0n) is 13.2. The van der Waals surface area contributed by atoms with Crippen molar-refractivity contribution in [3.05, 3.63) is 0 Å². The van der Waals surface area contributed by atoms with Crippen LogP contribution in [0.4, 0.5) is 0 Å². The Labute approximate surface area is 122 Å². The number of hydrogen-bond donors (Lipinski definition) is 0. The molecule has 1 atom stereocenters. The van der Waals surface area contributed by atoms with E-state index in [1.807, 2.05) is 25.5 Å². The molecule has 0 aromatic rings. The Bertz CT molecular complexity index is 310. The number of hydrogen-bond acceptors (Lipinski definition) is 3. The zero-order valence-corrected chi connectivity index (χ0v) is 13.2. The lowest BCUT2D eigenvalue weighted by Crippen LogP contribution is -2.51. The van der Waals surface area contributed by atoms with Crippen molar-refractivity contribution in [2.45, 2.75) is 40.5 Å². The standard InChI is InChI=1S/C14H26N2O2.CH2O/c1-5-12(2)10-14(3,4)13(18)16-8-6-15(11-17)7-9-16;1-2/h11-12H,5-10H2,1-4H3;1H2. The maximum absolute atomic E-state index is 12.5. The molecule has 1 aliphatic heterocycles. The summed E-state index contributed by atoms with van der Waals surface area (Å²) in [5, 5.41) is 0. The van der Waals surface area contributed by atoms with Crippen LogP contribution in [0.15, 0.2) is 0 Å². The fourth-order valence-corrected chi connectivity index (χ4v) is 2.56. The molecule has 116 valence electrons. The van der Waals surface area contributed by atoms with Gasteiger partial charge in [-0.15, -0.1) is 0 Å². The third kappa shape index (κ3) is 5.31. The van der Waals surface area contributed by atoms with E-state index in [4.69, 9.17) is 4.79 Å². The van der Waals surface area contributed by atoms with Crippen LogP contribution in [0.1, 0.15) is 40.5 Å². The quantitative estimate of drug-likeness (QED) is 0.720. The molecule has 0 aliphatic carbocycles. The summed E-state index contributed by atoms with van der Waals surface area (Å²) in [6.45, 7) is 13.1. The first-order valence-electron chi connectivity index (χ1n) is 7.18. The van der Waals surface area contributed by atoms with Crippen LogP contribution < -0.4 is 0 Å². The van der Waals surface area contributed by atoms with Gasteiger partial charge in [0, 0.05) is 31.6 Å². The molecule has 20 heavy (non-hydrogen) atoms. The van der Waals surface area contributed by atoms with E-state index in [2.05, 4.69) is 13.8 Å². The van der Waals surface area contributed by atoms with Gasteiger partial charge >= 0.3 is 0 Å². The highest BCUT2D eigenvalue weighted by Crippen LogP contribution is 2.29. The van der Waals surface area contributed by atoms with Gasteiger partial charge in [-0.05, 0) is 12.3 Å². The molecular formula is C15H28N2O3. The zero-order chi connectivity index (χ0) is 15.8. The number of carbonyl (C=O) groups is 3. The maximum Gasteiger partial charge on any atom is 0.228 e. The van der Waals surface area contributed by atoms with Crippen LogP contribution in [0.2, 0.25) is 0 Å². The minimum atomic E-state index is -0.293. The lowest BCUT2D eigenvalue weighted by molar-refractivity contribution is -0.144. The molecule has 1 saturated heterocycles. The minimum absolute atomic E-state index is 0.230. The largest absolute Gasteiger partial charge is 0.342 e. The van der Waals surface area contributed by atoms with Gasteiger partial charge in [0.2, 0.25) is 12.3 Å². The van der Waals surface area contributed by atoms with E-state index in [9.17, 15) is 9.59 Å². The summed E-state index contributed by atoms with van der Waals surface area (Å²) in [6.07, 6.45) is 2.90. The molecule has 2 amide bonds. The first kappa shape index (κ1) is 18.6. The predicted octanol–water partition coefficient (Wildman–Crippen LogP) is 1.56. The molecule has 1 rings (SSSR count). The van der Waals surface area contributed by atoms with Crippen molar-refractivity contribution in [2.75, 3.05) is 26.2 Å². The molecule has 1 heterocycles. The lowest BCUT2D eigenvalue weighted by Gasteiger charge is -2.38. The van der Waals surface area contributed by atoms with E-state index >= 15 is 0 Å². The average molecular weight is 284 g/mol. The van der Waals surface area contributed by atoms with Crippen molar-refractivity contribution in [3.63, 3.8) is 0 Å². The van der Waals surface area contributed by atoms with E-state index in [-0.39, 0.29) is 11.3 Å². The van der Waals surface area contributed by atoms with Gasteiger partial charge in [-0.2, -0.15) is 0 Å². The van der Waals surface area contributed by atoms with E-state index in [0.717, 1.165) is 19.3 Å². The average Bonchev–Trinajstić information content (AvgIpc) is 2.48. The van der Waals surface area contributed by atoms with Crippen LogP contribution in [-0.2, 0) is 14.4 Å². The molecule has 1 unspecified atom stereocenters. The first-order chi connectivity index (χ1) is 9.40. The van der Waals surface area contributed by atoms with Gasteiger partial charge in [0.05, 0.1) is 0 Å². The van der Waals surface area contributed by atoms with Gasteiger partial charge in [-0.1, -0.05) is 34.1 Å². The predicted molar refractivity (Wildman–Crippen MR) is 79.2 cm³/mol. The van der Waals surface area contributed by atoms with Crippen LogP contribution in [0.3, 0.4) is 0 Å². The summed E-state index contributed by atoms with van der Waals surface area (Å²) in [5.41, 5.74) is -0.293. The third-order valence-electron chi connectivity index (χ3n) is 3.89. The fourth-order valence-electron chi connectivity index (χ4n) is 2.56. The van der Waals surface area contributed by atoms with Crippen molar-refractivity contribution in [1.82, 2.24) is 9.80 Å². The summed E-state index contributed by atoms with van der Waals surface area (Å²) >= 11 is 0. The minimum Gasteiger partial charge on any atom is -0.342 e. The normalized spacial score (nSPS) is 17.0. The molecule has 5 heteroatoms. The Morgan fingerprint density at radius 1 is 1.25 bits per heavy atom. The van der Waals surface area contributed by atoms with E-state index in [0.29, 0.717) is 32.1 Å². The molecule has 0 N–H and O–H groups in total. The molecule has 5 nitrogen and oxygen atoms in total. The van der Waals surface area contributed by atoms with Crippen LogP contribution in [-0.4, -0.2) is 55.1 Å². The van der Waals surface area contributed by atoms with Crippen LogP contribution in [0.25, 0.3) is 0 Å². The molecule has 0 aromatic carbocycles. The molecule has 1 aliphatic rings. The Morgan fingerprint density at radius 2 is 1.75 bits per heavy atom. The van der Waals surface area contributed by atoms with E-state index in [1.165, 1.54) is 0 Å². The Kier molecular flexibility index (Phi) is 8.11. The SMILES string of the molecule is C=O.CCC(C)CC(C)(C)C(=O)N1CCN(C=O)CC1. The van der Waals surface area contributed by atoms with Crippen molar-refractivity contribution < 1.29 is 14.4 Å². The van der Waals surface area contributed by atoms with Crippen LogP contribution >= 0.6 is 0 Å². The van der Waals surface area contributed by atoms with Crippen molar-refractivity contribution in [1.29, 1.82) is 0 Å². The summed E-state index contributed by atoms with van der Waals surface area (Å²) in [5.74, 6) is 0.800. The smallest absolute Gasteiger partial charge is 0.228 e. The highest BCUT2D eigenvalue weighted by atomic mass is 16.2. The topological polar surface area (TPSA) is 57.7 Å². The van der Waals surface area contributed by atoms with E-state index < -0.39 is 0 Å². The number of piperazine rings is 1. The first-order valence-corrected chi connectivity index (χ1v) is 7.18. The third-order valence-corrected chi connectivity index (χ3v) is 3.89. The fraction of sp³-hybridized carbons (Fsp3) is 0.800. The highest BCUT2D eigenvalue weighted by Gasteiger charge is 2.34. The van der Waals surface area contributed by atoms with Gasteiger partial charge in [0.15, 0.2) is 0 Å². The Morgan fingerprint density at radius 3 is 2.15 bits per heavy atom. The van der Waals surface area contributed by atoms with Crippen LogP contribution in [0.5, 0.6) is 0 Å². The molecule has 0 radical (unpaired) electrons. The molecular weight excluding hydrogens is 256 g/mol. The summed E-state index contributed by atoms with van der Waals surface area (Å²) in [4.78, 5) is 34.8. The van der Waals surface area contributed by atoms with Crippen molar-refractivity contribution >= 4 is 19.1 Å². The number of nitrogens with zero attached hydrogens (tertiary/aromatic N) is 2. The van der Waals surface area contributed by atoms with Gasteiger partial charge in [-0.25, -0.2) is 0 Å². The van der Waals surface area contributed by atoms with Gasteiger partial charge in [0.1, 0.15) is 6.79 Å². The maximum atomic E-state index is 12.5. The van der Waals surface area contributed by atoms with Crippen LogP contribution in [0, 0.1) is 11.3 Å². The Balaban J connectivity index is 0.00000172. The summed E-state index contributed by atoms with van der Waals surface area (Å²) in [7, 11) is 0. The second kappa shape index (κ2) is 8.72. The Hall–Kier alpha value is -1.39. The molecule has 0 aromatic heterocycles. The van der Waals surface area contributed by atoms with Gasteiger partial charge < -0.3 is 14.6 Å². The van der Waals surface area contributed by atoms with Gasteiger partial charge in [0.25, 0.3) is 0 Å². The second-order valence-corrected chi connectivity index (χ2v) is 6.04. The van der Waals surface area contributed by atoms with Crippen molar-refractivity contribution in [3.8, 4) is 0 Å². The molecule has 0 saturated carbocycles. The molecule has 1 fully saturated rings. The lowest BCUT2D eigenvalue weighted by atomic mass is 9.81. The monoisotopic (exact) mass is 284 g/mol. The van der Waals surface area contributed by atoms with Gasteiger partial charge in [-0.3, -0.25) is 9.59 Å². The highest BCUT2D eigenvalue weighted by molar-refractivity contribution is 5.82. The van der Waals surface area contributed by atoms with E-state index in [1.54, 1.807) is 4.90 Å². The second-order valence-electron chi connectivity index (χ2n) is 6.04. The van der Waals surface area contributed by atoms with Crippen molar-refractivity contribution in [2.24, 2.45) is 11.3 Å².